The van der Waals surface area contributed by atoms with Gasteiger partial charge in [-0.25, -0.2) is 4.98 Å². The van der Waals surface area contributed by atoms with E-state index in [0.717, 1.165) is 23.8 Å². The van der Waals surface area contributed by atoms with E-state index in [4.69, 9.17) is 0 Å². The number of nitrogens with zero attached hydrogens (tertiary/aromatic N) is 2. The van der Waals surface area contributed by atoms with Crippen LogP contribution in [0.4, 0.5) is 5.82 Å². The summed E-state index contributed by atoms with van der Waals surface area (Å²) in [5.41, 5.74) is 2.37. The standard InChI is InChI=1S/C13H23N3S/c1-10-6-12(8-14-3)7-13(15-10)16(4)11(2)9-17-5/h6-7,11,14H,8-9H2,1-5H3. The van der Waals surface area contributed by atoms with Crippen molar-refractivity contribution in [2.24, 2.45) is 0 Å². The van der Waals surface area contributed by atoms with Crippen LogP contribution in [0.25, 0.3) is 0 Å². The van der Waals surface area contributed by atoms with E-state index in [0.29, 0.717) is 6.04 Å². The van der Waals surface area contributed by atoms with Crippen molar-refractivity contribution in [3.63, 3.8) is 0 Å². The first kappa shape index (κ1) is 14.3. The van der Waals surface area contributed by atoms with Gasteiger partial charge in [0.2, 0.25) is 0 Å². The van der Waals surface area contributed by atoms with Crippen molar-refractivity contribution >= 4 is 17.6 Å². The fourth-order valence-corrected chi connectivity index (χ4v) is 2.49. The zero-order chi connectivity index (χ0) is 12.8. The molecule has 3 nitrogen and oxygen atoms in total. The van der Waals surface area contributed by atoms with Gasteiger partial charge in [0.1, 0.15) is 5.82 Å². The molecule has 1 rings (SSSR count). The predicted molar refractivity (Wildman–Crippen MR) is 78.0 cm³/mol. The number of rotatable bonds is 6. The van der Waals surface area contributed by atoms with Gasteiger partial charge in [0.25, 0.3) is 0 Å². The minimum atomic E-state index is 0.502. The van der Waals surface area contributed by atoms with Gasteiger partial charge in [0.15, 0.2) is 0 Å². The molecule has 1 unspecified atom stereocenters. The van der Waals surface area contributed by atoms with Gasteiger partial charge in [0.05, 0.1) is 0 Å². The lowest BCUT2D eigenvalue weighted by Gasteiger charge is -2.26. The molecule has 0 saturated heterocycles. The van der Waals surface area contributed by atoms with Crippen LogP contribution in [0.2, 0.25) is 0 Å². The predicted octanol–water partition coefficient (Wildman–Crippen LogP) is 2.30. The Balaban J connectivity index is 2.88. The lowest BCUT2D eigenvalue weighted by Crippen LogP contribution is -2.31. The molecule has 0 amide bonds. The first-order chi connectivity index (χ1) is 8.08. The lowest BCUT2D eigenvalue weighted by molar-refractivity contribution is 0.747. The second-order valence-electron chi connectivity index (χ2n) is 4.42. The lowest BCUT2D eigenvalue weighted by atomic mass is 10.2. The average Bonchev–Trinajstić information content (AvgIpc) is 2.28. The van der Waals surface area contributed by atoms with Gasteiger partial charge in [-0.1, -0.05) is 0 Å². The largest absolute Gasteiger partial charge is 0.356 e. The van der Waals surface area contributed by atoms with E-state index in [2.05, 4.69) is 54.5 Å². The Bertz CT molecular complexity index is 355. The Morgan fingerprint density at radius 1 is 1.47 bits per heavy atom. The zero-order valence-corrected chi connectivity index (χ0v) is 12.3. The molecule has 0 saturated carbocycles. The van der Waals surface area contributed by atoms with Gasteiger partial charge in [-0.3, -0.25) is 0 Å². The molecule has 0 spiro atoms. The summed E-state index contributed by atoms with van der Waals surface area (Å²) in [6.45, 7) is 5.18. The molecule has 1 aromatic rings. The molecule has 17 heavy (non-hydrogen) atoms. The topological polar surface area (TPSA) is 28.2 Å². The van der Waals surface area contributed by atoms with Crippen molar-refractivity contribution in [3.8, 4) is 0 Å². The zero-order valence-electron chi connectivity index (χ0n) is 11.4. The number of nitrogens with one attached hydrogen (secondary N) is 1. The minimum absolute atomic E-state index is 0.502. The molecule has 0 aliphatic rings. The van der Waals surface area contributed by atoms with E-state index in [1.54, 1.807) is 0 Å². The van der Waals surface area contributed by atoms with Gasteiger partial charge in [0, 0.05) is 31.1 Å². The molecule has 1 N–H and O–H groups in total. The number of thioether (sulfide) groups is 1. The fourth-order valence-electron chi connectivity index (χ4n) is 1.79. The Labute approximate surface area is 109 Å². The number of anilines is 1. The summed E-state index contributed by atoms with van der Waals surface area (Å²) in [7, 11) is 4.08. The van der Waals surface area contributed by atoms with Crippen LogP contribution >= 0.6 is 11.8 Å². The first-order valence-electron chi connectivity index (χ1n) is 5.92. The van der Waals surface area contributed by atoms with E-state index in [-0.39, 0.29) is 0 Å². The third-order valence-corrected chi connectivity index (χ3v) is 3.63. The minimum Gasteiger partial charge on any atom is -0.356 e. The first-order valence-corrected chi connectivity index (χ1v) is 7.31. The van der Waals surface area contributed by atoms with Crippen molar-refractivity contribution in [1.82, 2.24) is 10.3 Å². The van der Waals surface area contributed by atoms with Gasteiger partial charge in [-0.15, -0.1) is 0 Å². The maximum Gasteiger partial charge on any atom is 0.129 e. The highest BCUT2D eigenvalue weighted by atomic mass is 32.2. The van der Waals surface area contributed by atoms with Crippen molar-refractivity contribution in [2.75, 3.05) is 31.0 Å². The molecular formula is C13H23N3S. The van der Waals surface area contributed by atoms with E-state index in [1.165, 1.54) is 5.56 Å². The number of aromatic nitrogens is 1. The average molecular weight is 253 g/mol. The van der Waals surface area contributed by atoms with Crippen molar-refractivity contribution in [3.05, 3.63) is 23.4 Å². The highest BCUT2D eigenvalue weighted by Gasteiger charge is 2.11. The Kier molecular flexibility index (Phi) is 5.78. The van der Waals surface area contributed by atoms with Crippen LogP contribution in [0.15, 0.2) is 12.1 Å². The van der Waals surface area contributed by atoms with Gasteiger partial charge in [-0.2, -0.15) is 11.8 Å². The fraction of sp³-hybridized carbons (Fsp3) is 0.615. The molecule has 96 valence electrons. The summed E-state index contributed by atoms with van der Waals surface area (Å²) in [4.78, 5) is 6.86. The highest BCUT2D eigenvalue weighted by Crippen LogP contribution is 2.17. The van der Waals surface area contributed by atoms with Gasteiger partial charge in [-0.05, 0) is 44.8 Å². The number of hydrogen-bond acceptors (Lipinski definition) is 4. The summed E-state index contributed by atoms with van der Waals surface area (Å²) in [5.74, 6) is 2.19. The van der Waals surface area contributed by atoms with Crippen LogP contribution in [0.3, 0.4) is 0 Å². The third-order valence-electron chi connectivity index (χ3n) is 2.81. The molecule has 1 atom stereocenters. The number of aryl methyl sites for hydroxylation is 1. The molecule has 0 aliphatic heterocycles. The smallest absolute Gasteiger partial charge is 0.129 e. The highest BCUT2D eigenvalue weighted by molar-refractivity contribution is 7.98. The molecule has 0 fully saturated rings. The van der Waals surface area contributed by atoms with Crippen molar-refractivity contribution in [1.29, 1.82) is 0 Å². The second kappa shape index (κ2) is 6.87. The van der Waals surface area contributed by atoms with Crippen LogP contribution in [0.5, 0.6) is 0 Å². The summed E-state index contributed by atoms with van der Waals surface area (Å²) in [6, 6.07) is 4.80. The SMILES string of the molecule is CNCc1cc(C)nc(N(C)C(C)CSC)c1. The summed E-state index contributed by atoms with van der Waals surface area (Å²) < 4.78 is 0. The van der Waals surface area contributed by atoms with E-state index < -0.39 is 0 Å². The molecule has 0 radical (unpaired) electrons. The van der Waals surface area contributed by atoms with E-state index in [1.807, 2.05) is 18.8 Å². The van der Waals surface area contributed by atoms with Gasteiger partial charge >= 0.3 is 0 Å². The van der Waals surface area contributed by atoms with E-state index in [9.17, 15) is 0 Å². The monoisotopic (exact) mass is 253 g/mol. The molecule has 0 aliphatic carbocycles. The molecule has 1 aromatic heterocycles. The summed E-state index contributed by atoms with van der Waals surface area (Å²) in [6.07, 6.45) is 2.14. The van der Waals surface area contributed by atoms with Crippen molar-refractivity contribution < 1.29 is 0 Å². The quantitative estimate of drug-likeness (QED) is 0.842. The molecule has 1 heterocycles. The number of hydrogen-bond donors (Lipinski definition) is 1. The molecule has 0 aromatic carbocycles. The van der Waals surface area contributed by atoms with E-state index >= 15 is 0 Å². The van der Waals surface area contributed by atoms with Crippen LogP contribution in [0.1, 0.15) is 18.2 Å². The maximum atomic E-state index is 4.61. The summed E-state index contributed by atoms with van der Waals surface area (Å²) in [5, 5.41) is 3.18. The molecule has 0 bridgehead atoms. The Morgan fingerprint density at radius 3 is 2.76 bits per heavy atom. The number of pyridine rings is 1. The maximum absolute atomic E-state index is 4.61. The van der Waals surface area contributed by atoms with Crippen LogP contribution in [-0.4, -0.2) is 37.1 Å². The Hall–Kier alpha value is -0.740. The molecule has 4 heteroatoms. The third kappa shape index (κ3) is 4.21. The summed E-state index contributed by atoms with van der Waals surface area (Å²) >= 11 is 1.87. The van der Waals surface area contributed by atoms with Crippen LogP contribution in [0, 0.1) is 6.92 Å². The van der Waals surface area contributed by atoms with Crippen molar-refractivity contribution in [2.45, 2.75) is 26.4 Å². The van der Waals surface area contributed by atoms with Crippen LogP contribution < -0.4 is 10.2 Å². The Morgan fingerprint density at radius 2 is 2.18 bits per heavy atom. The second-order valence-corrected chi connectivity index (χ2v) is 5.33. The normalized spacial score (nSPS) is 12.5. The van der Waals surface area contributed by atoms with Crippen LogP contribution in [-0.2, 0) is 6.54 Å². The van der Waals surface area contributed by atoms with Gasteiger partial charge < -0.3 is 10.2 Å². The molecular weight excluding hydrogens is 230 g/mol.